The number of aliphatic hydroxyl groups is 1. The number of hydrogen-bond acceptors (Lipinski definition) is 13. The number of fused-ring (bicyclic) bond motifs is 1. The number of hydrogen-bond donors (Lipinski definition) is 2. The molecular weight excluding hydrogens is 589 g/mol. The van der Waals surface area contributed by atoms with Crippen molar-refractivity contribution in [2.24, 2.45) is 29.4 Å². The first-order valence-electron chi connectivity index (χ1n) is 12.6. The maximum absolute atomic E-state index is 13.7. The largest absolute Gasteiger partial charge is 0.511 e. The van der Waals surface area contributed by atoms with Crippen molar-refractivity contribution in [1.29, 1.82) is 0 Å². The molecule has 12 nitrogen and oxygen atoms in total. The molecule has 3 rings (SSSR count). The monoisotopic (exact) mass is 623 g/mol. The van der Waals surface area contributed by atoms with Gasteiger partial charge in [-0.25, -0.2) is 18.8 Å². The fourth-order valence-electron chi connectivity index (χ4n) is 4.83. The molecule has 2 fully saturated rings. The lowest BCUT2D eigenvalue weighted by Gasteiger charge is -2.34. The zero-order chi connectivity index (χ0) is 29.8. The van der Waals surface area contributed by atoms with Crippen molar-refractivity contribution in [3.63, 3.8) is 0 Å². The predicted molar refractivity (Wildman–Crippen MR) is 143 cm³/mol. The van der Waals surface area contributed by atoms with E-state index in [1.807, 2.05) is 0 Å². The van der Waals surface area contributed by atoms with Crippen LogP contribution in [0.4, 0.5) is 14.0 Å². The molecule has 0 radical (unpaired) electrons. The van der Waals surface area contributed by atoms with E-state index in [9.17, 15) is 28.7 Å². The molecule has 0 aromatic heterocycles. The van der Waals surface area contributed by atoms with Crippen LogP contribution < -0.4 is 5.73 Å². The Labute approximate surface area is 247 Å². The molecule has 15 heteroatoms. The summed E-state index contributed by atoms with van der Waals surface area (Å²) in [5.41, 5.74) is 5.17. The molecule has 0 heterocycles. The van der Waals surface area contributed by atoms with Gasteiger partial charge in [-0.3, -0.25) is 4.79 Å². The first-order chi connectivity index (χ1) is 18.8. The van der Waals surface area contributed by atoms with E-state index in [0.29, 0.717) is 10.5 Å². The van der Waals surface area contributed by atoms with Gasteiger partial charge in [0.25, 0.3) is 0 Å². The maximum Gasteiger partial charge on any atom is 0.511 e. The highest BCUT2D eigenvalue weighted by atomic mass is 35.5. The lowest BCUT2D eigenvalue weighted by atomic mass is 9.81. The third-order valence-corrected chi connectivity index (χ3v) is 7.75. The second-order valence-electron chi connectivity index (χ2n) is 10.1. The molecule has 2 saturated carbocycles. The fourth-order valence-corrected chi connectivity index (χ4v) is 6.10. The molecule has 0 spiro atoms. The molecule has 1 aromatic rings. The number of ether oxygens (including phenoxy) is 6. The minimum atomic E-state index is -1.86. The number of rotatable bonds is 11. The molecule has 0 amide bonds. The van der Waals surface area contributed by atoms with Crippen molar-refractivity contribution < 1.29 is 57.1 Å². The topological polar surface area (TPSA) is 170 Å². The smallest absolute Gasteiger partial charge is 0.431 e. The van der Waals surface area contributed by atoms with Crippen molar-refractivity contribution >= 4 is 48.4 Å². The van der Waals surface area contributed by atoms with Crippen LogP contribution in [-0.4, -0.2) is 72.5 Å². The van der Waals surface area contributed by atoms with Crippen molar-refractivity contribution in [3.05, 3.63) is 29.6 Å². The van der Waals surface area contributed by atoms with Crippen LogP contribution in [0.2, 0.25) is 0 Å². The van der Waals surface area contributed by atoms with Crippen molar-refractivity contribution in [2.45, 2.75) is 63.4 Å². The number of carbonyl (C=O) groups is 4. The molecule has 0 bridgehead atoms. The second kappa shape index (κ2) is 14.4. The summed E-state index contributed by atoms with van der Waals surface area (Å²) >= 11 is 1.25. The minimum absolute atomic E-state index is 0. The molecule has 230 valence electrons. The van der Waals surface area contributed by atoms with E-state index in [1.54, 1.807) is 46.8 Å². The van der Waals surface area contributed by atoms with Crippen LogP contribution in [0.15, 0.2) is 23.1 Å². The second-order valence-corrected chi connectivity index (χ2v) is 11.2. The molecule has 6 atom stereocenters. The third kappa shape index (κ3) is 8.15. The van der Waals surface area contributed by atoms with Gasteiger partial charge >= 0.3 is 24.2 Å². The molecule has 1 aromatic carbocycles. The van der Waals surface area contributed by atoms with Gasteiger partial charge in [0.05, 0.1) is 24.2 Å². The van der Waals surface area contributed by atoms with Crippen LogP contribution in [-0.2, 0) is 38.0 Å². The molecule has 2 aliphatic carbocycles. The first kappa shape index (κ1) is 34.4. The Morgan fingerprint density at radius 1 is 1.00 bits per heavy atom. The number of carbonyl (C=O) groups excluding carboxylic acids is 4. The molecule has 0 aliphatic heterocycles. The van der Waals surface area contributed by atoms with Gasteiger partial charge in [0, 0.05) is 28.4 Å². The summed E-state index contributed by atoms with van der Waals surface area (Å²) in [5, 5.41) is 11.1. The Morgan fingerprint density at radius 2 is 1.56 bits per heavy atom. The zero-order valence-electron chi connectivity index (χ0n) is 23.2. The van der Waals surface area contributed by atoms with Crippen molar-refractivity contribution in [3.8, 4) is 0 Å². The quantitative estimate of drug-likeness (QED) is 0.159. The minimum Gasteiger partial charge on any atom is -0.431 e. The lowest BCUT2D eigenvalue weighted by Crippen LogP contribution is -2.59. The standard InChI is InChI=1S/C26H34FNO11S.ClH/c1-12(2)38-24(32)36-10-34-22(30)19-18-20(19)26(28,23(31)35-11-37-25(33)39-13(3)4)16(21(18)29)9-40-15-6-7-17(27)14(5)8-15;/h6-8,12-13,16,18-21,29H,9-11,28H2,1-5H3;1H/t16-,18+,19+,20+,21-,26+;/m1./s1. The maximum atomic E-state index is 13.7. The van der Waals surface area contributed by atoms with Gasteiger partial charge in [-0.1, -0.05) is 0 Å². The number of aryl methyl sites for hydroxylation is 1. The summed E-state index contributed by atoms with van der Waals surface area (Å²) in [6.07, 6.45) is -4.18. The summed E-state index contributed by atoms with van der Waals surface area (Å²) < 4.78 is 42.9. The molecular formula is C26H35ClFNO11S. The van der Waals surface area contributed by atoms with Crippen LogP contribution in [0.1, 0.15) is 33.3 Å². The van der Waals surface area contributed by atoms with E-state index < -0.39 is 85.4 Å². The van der Waals surface area contributed by atoms with Gasteiger partial charge in [0.2, 0.25) is 13.6 Å². The Bertz CT molecular complexity index is 1120. The van der Waals surface area contributed by atoms with Crippen molar-refractivity contribution in [1.82, 2.24) is 0 Å². The van der Waals surface area contributed by atoms with Gasteiger partial charge in [0.15, 0.2) is 0 Å². The SMILES string of the molecule is Cc1cc(SC[C@@H]2[C@@H](O)[C@H]3[C@H](C(=O)OCOC(=O)OC(C)C)[C@H]3[C@]2(N)C(=O)OCOC(=O)OC(C)C)ccc1F.Cl. The summed E-state index contributed by atoms with van der Waals surface area (Å²) in [6, 6.07) is 4.49. The first-order valence-corrected chi connectivity index (χ1v) is 13.6. The number of aliphatic hydroxyl groups excluding tert-OH is 1. The van der Waals surface area contributed by atoms with E-state index >= 15 is 0 Å². The molecule has 3 N–H and O–H groups in total. The highest BCUT2D eigenvalue weighted by Gasteiger charge is 2.78. The predicted octanol–water partition coefficient (Wildman–Crippen LogP) is 3.32. The highest BCUT2D eigenvalue weighted by molar-refractivity contribution is 7.99. The zero-order valence-corrected chi connectivity index (χ0v) is 24.8. The third-order valence-electron chi connectivity index (χ3n) is 6.64. The number of benzene rings is 1. The Hall–Kier alpha value is -2.81. The number of nitrogens with two attached hydrogens (primary N) is 1. The van der Waals surface area contributed by atoms with E-state index in [4.69, 9.17) is 34.2 Å². The van der Waals surface area contributed by atoms with Crippen LogP contribution in [0.25, 0.3) is 0 Å². The normalized spacial score (nSPS) is 26.0. The Morgan fingerprint density at radius 3 is 2.10 bits per heavy atom. The summed E-state index contributed by atoms with van der Waals surface area (Å²) in [4.78, 5) is 49.8. The van der Waals surface area contributed by atoms with Crippen molar-refractivity contribution in [2.75, 3.05) is 19.3 Å². The van der Waals surface area contributed by atoms with Gasteiger partial charge < -0.3 is 39.3 Å². The number of esters is 2. The van der Waals surface area contributed by atoms with Gasteiger partial charge in [0.1, 0.15) is 11.4 Å². The summed E-state index contributed by atoms with van der Waals surface area (Å²) in [5.74, 6) is -5.52. The van der Waals surface area contributed by atoms with E-state index in [2.05, 4.69) is 0 Å². The van der Waals surface area contributed by atoms with Crippen LogP contribution >= 0.6 is 24.2 Å². The Kier molecular flexibility index (Phi) is 12.1. The van der Waals surface area contributed by atoms with Gasteiger partial charge in [-0.05, 0) is 58.4 Å². The molecule has 0 saturated heterocycles. The molecule has 0 unspecified atom stereocenters. The summed E-state index contributed by atoms with van der Waals surface area (Å²) in [7, 11) is 0. The Balaban J connectivity index is 0.00000588. The molecule has 2 aliphatic rings. The summed E-state index contributed by atoms with van der Waals surface area (Å²) in [6.45, 7) is 6.53. The van der Waals surface area contributed by atoms with Crippen LogP contribution in [0.5, 0.6) is 0 Å². The van der Waals surface area contributed by atoms with Crippen LogP contribution in [0, 0.1) is 36.4 Å². The number of thioether (sulfide) groups is 1. The van der Waals surface area contributed by atoms with Gasteiger partial charge in [-0.2, -0.15) is 0 Å². The van der Waals surface area contributed by atoms with E-state index in [-0.39, 0.29) is 24.0 Å². The fraction of sp³-hybridized carbons (Fsp3) is 0.615. The average molecular weight is 624 g/mol. The number of halogens is 2. The van der Waals surface area contributed by atoms with Gasteiger partial charge in [-0.15, -0.1) is 24.2 Å². The molecule has 41 heavy (non-hydrogen) atoms. The van der Waals surface area contributed by atoms with E-state index in [0.717, 1.165) is 0 Å². The van der Waals surface area contributed by atoms with Crippen LogP contribution in [0.3, 0.4) is 0 Å². The lowest BCUT2D eigenvalue weighted by molar-refractivity contribution is -0.165. The average Bonchev–Trinajstić information content (AvgIpc) is 3.56. The highest BCUT2D eigenvalue weighted by Crippen LogP contribution is 2.64. The van der Waals surface area contributed by atoms with E-state index in [1.165, 1.54) is 17.8 Å².